The second-order valence-corrected chi connectivity index (χ2v) is 3.31. The number of carboxylic acid groups (broad SMARTS) is 1. The fraction of sp³-hybridized carbons (Fsp3) is 0.111. The highest BCUT2D eigenvalue weighted by Crippen LogP contribution is 2.26. The first-order valence-electron chi connectivity index (χ1n) is 4.11. The molecule has 0 spiro atoms. The van der Waals surface area contributed by atoms with E-state index < -0.39 is 23.1 Å². The Labute approximate surface area is 94.6 Å². The summed E-state index contributed by atoms with van der Waals surface area (Å²) in [5, 5.41) is 19.0. The zero-order valence-electron chi connectivity index (χ0n) is 7.84. The first kappa shape index (κ1) is 12.1. The van der Waals surface area contributed by atoms with Gasteiger partial charge in [0, 0.05) is 6.07 Å². The molecule has 0 saturated carbocycles. The van der Waals surface area contributed by atoms with Gasteiger partial charge in [-0.2, -0.15) is 0 Å². The van der Waals surface area contributed by atoms with Crippen molar-refractivity contribution >= 4 is 29.0 Å². The van der Waals surface area contributed by atoms with Gasteiger partial charge in [-0.3, -0.25) is 14.9 Å². The number of nitrogens with zero attached hydrogens (tertiary/aromatic N) is 1. The fourth-order valence-electron chi connectivity index (χ4n) is 1.13. The largest absolute Gasteiger partial charge is 0.475 e. The third kappa shape index (κ3) is 2.54. The van der Waals surface area contributed by atoms with Gasteiger partial charge in [0.25, 0.3) is 5.69 Å². The zero-order chi connectivity index (χ0) is 12.3. The molecule has 0 unspecified atom stereocenters. The van der Waals surface area contributed by atoms with E-state index in [1.54, 1.807) is 0 Å². The van der Waals surface area contributed by atoms with Gasteiger partial charge in [-0.05, 0) is 6.07 Å². The van der Waals surface area contributed by atoms with Crippen LogP contribution in [0.25, 0.3) is 0 Å². The van der Waals surface area contributed by atoms with Gasteiger partial charge >= 0.3 is 5.97 Å². The number of nitro groups is 1. The normalized spacial score (nSPS) is 9.81. The lowest BCUT2D eigenvalue weighted by Crippen LogP contribution is -2.16. The van der Waals surface area contributed by atoms with Gasteiger partial charge in [-0.15, -0.1) is 0 Å². The van der Waals surface area contributed by atoms with E-state index in [4.69, 9.17) is 16.7 Å². The third-order valence-corrected chi connectivity index (χ3v) is 2.22. The molecule has 0 aliphatic carbocycles. The second-order valence-electron chi connectivity index (χ2n) is 2.90. The quantitative estimate of drug-likeness (QED) is 0.490. The molecule has 1 aromatic rings. The summed E-state index contributed by atoms with van der Waals surface area (Å²) in [4.78, 5) is 31.2. The summed E-state index contributed by atoms with van der Waals surface area (Å²) in [5.41, 5.74) is -0.441. The molecule has 0 fully saturated rings. The second kappa shape index (κ2) is 4.71. The highest BCUT2D eigenvalue weighted by Gasteiger charge is 2.22. The Morgan fingerprint density at radius 2 is 2.06 bits per heavy atom. The SMILES string of the molecule is O=C(O)C(=O)Cc1c(Cl)cccc1[N+](=O)[O-]. The molecule has 0 bridgehead atoms. The standard InChI is InChI=1S/C9H6ClNO5/c10-6-2-1-3-7(11(15)16)5(6)4-8(12)9(13)14/h1-3H,4H2,(H,13,14). The minimum atomic E-state index is -1.64. The number of Topliss-reactive ketones (excluding diaryl/α,β-unsaturated/α-hetero) is 1. The zero-order valence-corrected chi connectivity index (χ0v) is 8.60. The monoisotopic (exact) mass is 243 g/mol. The lowest BCUT2D eigenvalue weighted by molar-refractivity contribution is -0.385. The van der Waals surface area contributed by atoms with Crippen molar-refractivity contribution in [1.82, 2.24) is 0 Å². The third-order valence-electron chi connectivity index (χ3n) is 1.87. The summed E-state index contributed by atoms with van der Waals surface area (Å²) in [6.07, 6.45) is -0.592. The first-order chi connectivity index (χ1) is 7.43. The molecule has 6 nitrogen and oxygen atoms in total. The van der Waals surface area contributed by atoms with E-state index in [0.29, 0.717) is 0 Å². The smallest absolute Gasteiger partial charge is 0.372 e. The van der Waals surface area contributed by atoms with E-state index in [0.717, 1.165) is 6.07 Å². The highest BCUT2D eigenvalue weighted by atomic mass is 35.5. The molecule has 0 amide bonds. The number of rotatable bonds is 4. The number of hydrogen-bond donors (Lipinski definition) is 1. The summed E-state index contributed by atoms with van der Waals surface area (Å²) >= 11 is 5.67. The predicted molar refractivity (Wildman–Crippen MR) is 54.5 cm³/mol. The van der Waals surface area contributed by atoms with Crippen molar-refractivity contribution in [2.24, 2.45) is 0 Å². The molecule has 7 heteroatoms. The van der Waals surface area contributed by atoms with E-state index in [9.17, 15) is 19.7 Å². The first-order valence-corrected chi connectivity index (χ1v) is 4.49. The summed E-state index contributed by atoms with van der Waals surface area (Å²) in [6, 6.07) is 3.88. The summed E-state index contributed by atoms with van der Waals surface area (Å²) in [5.74, 6) is -2.79. The van der Waals surface area contributed by atoms with Crippen LogP contribution in [0.4, 0.5) is 5.69 Å². The van der Waals surface area contributed by atoms with Crippen molar-refractivity contribution in [2.45, 2.75) is 6.42 Å². The van der Waals surface area contributed by atoms with Crippen LogP contribution in [-0.4, -0.2) is 21.8 Å². The molecule has 1 rings (SSSR count). The maximum atomic E-state index is 11.0. The van der Waals surface area contributed by atoms with Crippen molar-refractivity contribution in [1.29, 1.82) is 0 Å². The predicted octanol–water partition coefficient (Wildman–Crippen LogP) is 1.44. The minimum absolute atomic E-state index is 0.00352. The molecule has 1 aromatic carbocycles. The van der Waals surface area contributed by atoms with Crippen LogP contribution in [0.3, 0.4) is 0 Å². The Balaban J connectivity index is 3.16. The fourth-order valence-corrected chi connectivity index (χ4v) is 1.37. The molecular weight excluding hydrogens is 238 g/mol. The van der Waals surface area contributed by atoms with Gasteiger partial charge in [0.15, 0.2) is 0 Å². The Morgan fingerprint density at radius 3 is 2.56 bits per heavy atom. The number of benzene rings is 1. The van der Waals surface area contributed by atoms with Gasteiger partial charge in [-0.25, -0.2) is 4.79 Å². The van der Waals surface area contributed by atoms with Crippen molar-refractivity contribution in [3.05, 3.63) is 38.9 Å². The van der Waals surface area contributed by atoms with Crippen LogP contribution in [0, 0.1) is 10.1 Å². The molecule has 0 saturated heterocycles. The van der Waals surface area contributed by atoms with E-state index in [1.165, 1.54) is 12.1 Å². The molecular formula is C9H6ClNO5. The molecule has 0 aliphatic rings. The molecule has 0 aromatic heterocycles. The van der Waals surface area contributed by atoms with Crippen LogP contribution in [0.5, 0.6) is 0 Å². The van der Waals surface area contributed by atoms with E-state index >= 15 is 0 Å². The Hall–Kier alpha value is -1.95. The van der Waals surface area contributed by atoms with Crippen LogP contribution < -0.4 is 0 Å². The Kier molecular flexibility index (Phi) is 3.57. The van der Waals surface area contributed by atoms with Crippen molar-refractivity contribution in [3.8, 4) is 0 Å². The summed E-state index contributed by atoms with van der Waals surface area (Å²) < 4.78 is 0. The number of carboxylic acids is 1. The highest BCUT2D eigenvalue weighted by molar-refractivity contribution is 6.35. The van der Waals surface area contributed by atoms with Gasteiger partial charge in [0.2, 0.25) is 5.78 Å². The molecule has 16 heavy (non-hydrogen) atoms. The van der Waals surface area contributed by atoms with Crippen LogP contribution in [-0.2, 0) is 16.0 Å². The van der Waals surface area contributed by atoms with Gasteiger partial charge in [0.1, 0.15) is 0 Å². The van der Waals surface area contributed by atoms with Crippen LogP contribution >= 0.6 is 11.6 Å². The maximum absolute atomic E-state index is 11.0. The van der Waals surface area contributed by atoms with Crippen molar-refractivity contribution < 1.29 is 19.6 Å². The van der Waals surface area contributed by atoms with Crippen molar-refractivity contribution in [3.63, 3.8) is 0 Å². The molecule has 0 heterocycles. The summed E-state index contributed by atoms with van der Waals surface area (Å²) in [6.45, 7) is 0. The van der Waals surface area contributed by atoms with Crippen molar-refractivity contribution in [2.75, 3.05) is 0 Å². The lowest BCUT2D eigenvalue weighted by atomic mass is 10.1. The molecule has 0 radical (unpaired) electrons. The number of hydrogen-bond acceptors (Lipinski definition) is 4. The number of aliphatic carboxylic acids is 1. The van der Waals surface area contributed by atoms with Crippen LogP contribution in [0.15, 0.2) is 18.2 Å². The van der Waals surface area contributed by atoms with Gasteiger partial charge in [-0.1, -0.05) is 17.7 Å². The lowest BCUT2D eigenvalue weighted by Gasteiger charge is -2.02. The number of ketones is 1. The molecule has 0 aliphatic heterocycles. The van der Waals surface area contributed by atoms with Crippen LogP contribution in [0.1, 0.15) is 5.56 Å². The van der Waals surface area contributed by atoms with Gasteiger partial charge in [0.05, 0.1) is 21.9 Å². The Morgan fingerprint density at radius 1 is 1.44 bits per heavy atom. The molecule has 0 atom stereocenters. The van der Waals surface area contributed by atoms with E-state index in [2.05, 4.69) is 0 Å². The number of nitro benzene ring substituents is 1. The average Bonchev–Trinajstić information content (AvgIpc) is 2.20. The van der Waals surface area contributed by atoms with Crippen LogP contribution in [0.2, 0.25) is 5.02 Å². The molecule has 84 valence electrons. The van der Waals surface area contributed by atoms with E-state index in [1.807, 2.05) is 0 Å². The van der Waals surface area contributed by atoms with Gasteiger partial charge < -0.3 is 5.11 Å². The number of halogens is 1. The average molecular weight is 244 g/mol. The number of carbonyl (C=O) groups is 2. The topological polar surface area (TPSA) is 97.5 Å². The minimum Gasteiger partial charge on any atom is -0.475 e. The maximum Gasteiger partial charge on any atom is 0.372 e. The Bertz CT molecular complexity index is 471. The van der Waals surface area contributed by atoms with E-state index in [-0.39, 0.29) is 16.3 Å². The summed E-state index contributed by atoms with van der Waals surface area (Å²) in [7, 11) is 0. The number of carbonyl (C=O) groups excluding carboxylic acids is 1. The molecule has 1 N–H and O–H groups in total.